The van der Waals surface area contributed by atoms with Gasteiger partial charge in [-0.3, -0.25) is 9.59 Å². The number of benzene rings is 1. The van der Waals surface area contributed by atoms with E-state index in [0.29, 0.717) is 40.8 Å². The first kappa shape index (κ1) is 24.5. The first-order valence-corrected chi connectivity index (χ1v) is 13.0. The summed E-state index contributed by atoms with van der Waals surface area (Å²) in [5.74, 6) is 1.21. The molecule has 2 aromatic rings. The molecule has 1 aromatic carbocycles. The summed E-state index contributed by atoms with van der Waals surface area (Å²) in [6.45, 7) is 0. The van der Waals surface area contributed by atoms with E-state index >= 15 is 0 Å². The number of ketones is 1. The number of nitrogens with one attached hydrogen (secondary N) is 1. The molecule has 188 valence electrons. The number of ether oxygens (including phenoxy) is 2. The summed E-state index contributed by atoms with van der Waals surface area (Å²) in [4.78, 5) is 24.1. The zero-order chi connectivity index (χ0) is 25.1. The summed E-state index contributed by atoms with van der Waals surface area (Å²) in [7, 11) is 0. The molecular formula is C27H29ClN4O4. The lowest BCUT2D eigenvalue weighted by molar-refractivity contribution is -0.126. The Labute approximate surface area is 215 Å². The monoisotopic (exact) mass is 508 g/mol. The maximum Gasteiger partial charge on any atom is 0.272 e. The number of hydrogen-bond acceptors (Lipinski definition) is 7. The largest absolute Gasteiger partial charge is 0.490 e. The molecule has 8 nitrogen and oxygen atoms in total. The topological polar surface area (TPSA) is 114 Å². The van der Waals surface area contributed by atoms with Crippen LogP contribution in [0.2, 0.25) is 5.02 Å². The van der Waals surface area contributed by atoms with Crippen molar-refractivity contribution >= 4 is 23.3 Å². The van der Waals surface area contributed by atoms with Gasteiger partial charge in [-0.1, -0.05) is 11.6 Å². The highest BCUT2D eigenvalue weighted by Crippen LogP contribution is 2.51. The van der Waals surface area contributed by atoms with E-state index in [1.165, 1.54) is 0 Å². The maximum atomic E-state index is 12.7. The van der Waals surface area contributed by atoms with E-state index in [-0.39, 0.29) is 35.3 Å². The van der Waals surface area contributed by atoms with E-state index in [0.717, 1.165) is 51.4 Å². The third kappa shape index (κ3) is 5.62. The summed E-state index contributed by atoms with van der Waals surface area (Å²) in [6, 6.07) is 10.5. The molecule has 5 rings (SSSR count). The van der Waals surface area contributed by atoms with Gasteiger partial charge in [0.05, 0.1) is 16.7 Å². The average molecular weight is 509 g/mol. The van der Waals surface area contributed by atoms with Gasteiger partial charge in [-0.05, 0) is 75.0 Å². The molecule has 3 fully saturated rings. The number of carbonyl (C=O) groups excluding carboxylic acids is 2. The average Bonchev–Trinajstić information content (AvgIpc) is 2.86. The number of aromatic nitrogens is 2. The lowest BCUT2D eigenvalue weighted by Crippen LogP contribution is -2.46. The van der Waals surface area contributed by atoms with Crippen LogP contribution in [-0.2, 0) is 4.79 Å². The zero-order valence-electron chi connectivity index (χ0n) is 20.0. The van der Waals surface area contributed by atoms with Crippen LogP contribution in [0.5, 0.6) is 11.6 Å². The molecule has 3 aliphatic rings. The van der Waals surface area contributed by atoms with Gasteiger partial charge >= 0.3 is 0 Å². The SMILES string of the molecule is N#Cc1ccc(OC2CCC(NC(=O)c3ccc(OC4CC5(CCC(=O)CC5)C4)nn3)CC2)cc1Cl. The Balaban J connectivity index is 1.05. The summed E-state index contributed by atoms with van der Waals surface area (Å²) >= 11 is 6.09. The van der Waals surface area contributed by atoms with E-state index in [9.17, 15) is 9.59 Å². The molecule has 9 heteroatoms. The molecule has 36 heavy (non-hydrogen) atoms. The van der Waals surface area contributed by atoms with Gasteiger partial charge in [0.2, 0.25) is 5.88 Å². The van der Waals surface area contributed by atoms with Crippen LogP contribution in [0.15, 0.2) is 30.3 Å². The van der Waals surface area contributed by atoms with Crippen molar-refractivity contribution in [1.29, 1.82) is 5.26 Å². The molecule has 0 saturated heterocycles. The second kappa shape index (κ2) is 10.4. The van der Waals surface area contributed by atoms with Crippen molar-refractivity contribution in [2.45, 2.75) is 82.5 Å². The summed E-state index contributed by atoms with van der Waals surface area (Å²) in [6.07, 6.45) is 8.56. The minimum absolute atomic E-state index is 0.0399. The Kier molecular flexibility index (Phi) is 7.10. The quantitative estimate of drug-likeness (QED) is 0.596. The van der Waals surface area contributed by atoms with Crippen LogP contribution in [-0.4, -0.2) is 40.1 Å². The van der Waals surface area contributed by atoms with Crippen LogP contribution in [0.1, 0.15) is 80.3 Å². The van der Waals surface area contributed by atoms with Crippen LogP contribution in [0.3, 0.4) is 0 Å². The fourth-order valence-electron chi connectivity index (χ4n) is 5.57. The number of rotatable bonds is 6. The molecule has 1 spiro atoms. The van der Waals surface area contributed by atoms with Crippen molar-refractivity contribution in [3.8, 4) is 17.7 Å². The predicted molar refractivity (Wildman–Crippen MR) is 132 cm³/mol. The van der Waals surface area contributed by atoms with Gasteiger partial charge in [-0.2, -0.15) is 5.26 Å². The Morgan fingerprint density at radius 1 is 1.03 bits per heavy atom. The number of nitrogens with zero attached hydrogens (tertiary/aromatic N) is 3. The molecule has 1 aromatic heterocycles. The second-order valence-corrected chi connectivity index (χ2v) is 10.7. The lowest BCUT2D eigenvalue weighted by atomic mass is 9.59. The Hall–Kier alpha value is -3.18. The third-order valence-electron chi connectivity index (χ3n) is 7.72. The van der Waals surface area contributed by atoms with E-state index in [1.807, 2.05) is 6.07 Å². The van der Waals surface area contributed by atoms with Gasteiger partial charge in [0.25, 0.3) is 5.91 Å². The van der Waals surface area contributed by atoms with Gasteiger partial charge in [0, 0.05) is 31.0 Å². The maximum absolute atomic E-state index is 12.7. The number of halogens is 1. The second-order valence-electron chi connectivity index (χ2n) is 10.3. The third-order valence-corrected chi connectivity index (χ3v) is 8.04. The van der Waals surface area contributed by atoms with Gasteiger partial charge in [0.1, 0.15) is 23.7 Å². The lowest BCUT2D eigenvalue weighted by Gasteiger charge is -2.49. The van der Waals surface area contributed by atoms with E-state index in [4.69, 9.17) is 26.3 Å². The van der Waals surface area contributed by atoms with Crippen LogP contribution in [0, 0.1) is 16.7 Å². The molecule has 1 heterocycles. The number of nitriles is 1. The van der Waals surface area contributed by atoms with Gasteiger partial charge in [-0.15, -0.1) is 10.2 Å². The van der Waals surface area contributed by atoms with E-state index in [2.05, 4.69) is 15.5 Å². The Morgan fingerprint density at radius 3 is 2.42 bits per heavy atom. The van der Waals surface area contributed by atoms with Crippen molar-refractivity contribution in [3.05, 3.63) is 46.6 Å². The smallest absolute Gasteiger partial charge is 0.272 e. The van der Waals surface area contributed by atoms with Crippen molar-refractivity contribution in [2.75, 3.05) is 0 Å². The molecule has 3 aliphatic carbocycles. The van der Waals surface area contributed by atoms with Gasteiger partial charge in [0.15, 0.2) is 5.69 Å². The summed E-state index contributed by atoms with van der Waals surface area (Å²) in [5.41, 5.74) is 0.960. The van der Waals surface area contributed by atoms with Gasteiger partial charge in [-0.25, -0.2) is 0 Å². The Bertz CT molecular complexity index is 1150. The number of carbonyl (C=O) groups is 2. The standard InChI is InChI=1S/C27H29ClN4O4/c28-23-13-21(4-1-17(23)16-29)35-20-5-2-18(3-6-20)30-26(34)24-7-8-25(32-31-24)36-22-14-27(15-22)11-9-19(33)10-12-27/h1,4,7-8,13,18,20,22H,2-3,5-6,9-12,14-15H2,(H,30,34). The fourth-order valence-corrected chi connectivity index (χ4v) is 5.78. The first-order chi connectivity index (χ1) is 17.4. The highest BCUT2D eigenvalue weighted by Gasteiger charge is 2.47. The van der Waals surface area contributed by atoms with Gasteiger partial charge < -0.3 is 14.8 Å². The zero-order valence-corrected chi connectivity index (χ0v) is 20.8. The molecule has 0 aliphatic heterocycles. The van der Waals surface area contributed by atoms with Crippen molar-refractivity contribution in [2.24, 2.45) is 5.41 Å². The van der Waals surface area contributed by atoms with Crippen molar-refractivity contribution in [1.82, 2.24) is 15.5 Å². The molecule has 1 N–H and O–H groups in total. The van der Waals surface area contributed by atoms with Crippen LogP contribution < -0.4 is 14.8 Å². The number of amides is 1. The molecule has 3 saturated carbocycles. The molecule has 0 radical (unpaired) electrons. The minimum atomic E-state index is -0.244. The molecule has 0 unspecified atom stereocenters. The van der Waals surface area contributed by atoms with E-state index in [1.54, 1.807) is 30.3 Å². The van der Waals surface area contributed by atoms with Crippen LogP contribution in [0.4, 0.5) is 0 Å². The van der Waals surface area contributed by atoms with Crippen LogP contribution in [0.25, 0.3) is 0 Å². The molecule has 0 bridgehead atoms. The molecule has 0 atom stereocenters. The van der Waals surface area contributed by atoms with Crippen molar-refractivity contribution in [3.63, 3.8) is 0 Å². The normalized spacial score (nSPS) is 23.4. The highest BCUT2D eigenvalue weighted by atomic mass is 35.5. The number of Topliss-reactive ketones (excluding diaryl/α,β-unsaturated/α-hetero) is 1. The fraction of sp³-hybridized carbons (Fsp3) is 0.519. The van der Waals surface area contributed by atoms with Crippen molar-refractivity contribution < 1.29 is 19.1 Å². The number of hydrogen-bond donors (Lipinski definition) is 1. The Morgan fingerprint density at radius 2 is 1.78 bits per heavy atom. The van der Waals surface area contributed by atoms with E-state index < -0.39 is 0 Å². The first-order valence-electron chi connectivity index (χ1n) is 12.6. The minimum Gasteiger partial charge on any atom is -0.490 e. The molecular weight excluding hydrogens is 480 g/mol. The molecule has 1 amide bonds. The predicted octanol–water partition coefficient (Wildman–Crippen LogP) is 4.79. The highest BCUT2D eigenvalue weighted by molar-refractivity contribution is 6.31. The van der Waals surface area contributed by atoms with Crippen LogP contribution >= 0.6 is 11.6 Å². The summed E-state index contributed by atoms with van der Waals surface area (Å²) < 4.78 is 12.0. The summed E-state index contributed by atoms with van der Waals surface area (Å²) in [5, 5.41) is 20.6.